The Labute approximate surface area is 188 Å². The fourth-order valence-corrected chi connectivity index (χ4v) is 3.96. The molecule has 0 fully saturated rings. The predicted octanol–water partition coefficient (Wildman–Crippen LogP) is 2.93. The van der Waals surface area contributed by atoms with E-state index in [0.717, 1.165) is 4.57 Å². The van der Waals surface area contributed by atoms with E-state index in [-0.39, 0.29) is 11.1 Å². The highest BCUT2D eigenvalue weighted by Gasteiger charge is 2.23. The molecule has 10 nitrogen and oxygen atoms in total. The summed E-state index contributed by atoms with van der Waals surface area (Å²) in [4.78, 5) is 36.9. The van der Waals surface area contributed by atoms with Crippen molar-refractivity contribution in [3.63, 3.8) is 0 Å². The molecule has 0 spiro atoms. The molecule has 0 saturated heterocycles. The number of nitro benzene ring substituents is 1. The zero-order valence-corrected chi connectivity index (χ0v) is 18.8. The fraction of sp³-hybridized carbons (Fsp3) is 0.217. The minimum Gasteiger partial charge on any atom is -0.493 e. The number of benzene rings is 2. The van der Waals surface area contributed by atoms with E-state index in [4.69, 9.17) is 9.47 Å². The van der Waals surface area contributed by atoms with Gasteiger partial charge >= 0.3 is 5.69 Å². The van der Waals surface area contributed by atoms with E-state index < -0.39 is 16.2 Å². The minimum atomic E-state index is -0.495. The number of hydrogen-bond donors (Lipinski definition) is 0. The maximum Gasteiger partial charge on any atom is 0.330 e. The first-order valence-corrected chi connectivity index (χ1v) is 9.98. The number of rotatable bonds is 5. The second kappa shape index (κ2) is 7.97. The van der Waals surface area contributed by atoms with E-state index in [2.05, 4.69) is 0 Å². The van der Waals surface area contributed by atoms with Gasteiger partial charge in [-0.1, -0.05) is 12.1 Å². The van der Waals surface area contributed by atoms with Crippen LogP contribution in [-0.2, 0) is 14.1 Å². The van der Waals surface area contributed by atoms with Crippen LogP contribution in [0.3, 0.4) is 0 Å². The SMILES string of the molecule is COc1ccc(-n2cc3c(c2-c2ccc(C)c([N+](=O)[O-])c2)c(=O)n(C)c(=O)n3C)cc1OC. The quantitative estimate of drug-likeness (QED) is 0.342. The van der Waals surface area contributed by atoms with Gasteiger partial charge in [-0.2, -0.15) is 0 Å². The first kappa shape index (κ1) is 21.9. The van der Waals surface area contributed by atoms with Crippen LogP contribution in [0.2, 0.25) is 0 Å². The van der Waals surface area contributed by atoms with Crippen molar-refractivity contribution < 1.29 is 14.4 Å². The van der Waals surface area contributed by atoms with Crippen molar-refractivity contribution in [1.29, 1.82) is 0 Å². The smallest absolute Gasteiger partial charge is 0.330 e. The summed E-state index contributed by atoms with van der Waals surface area (Å²) in [6.45, 7) is 1.65. The van der Waals surface area contributed by atoms with Crippen molar-refractivity contribution in [2.75, 3.05) is 14.2 Å². The Kier molecular flexibility index (Phi) is 5.28. The van der Waals surface area contributed by atoms with Crippen LogP contribution < -0.4 is 20.7 Å². The average Bonchev–Trinajstić information content (AvgIpc) is 3.21. The van der Waals surface area contributed by atoms with Gasteiger partial charge in [-0.3, -0.25) is 24.0 Å². The Morgan fingerprint density at radius 2 is 1.64 bits per heavy atom. The summed E-state index contributed by atoms with van der Waals surface area (Å²) in [5.41, 5.74) is 1.38. The Morgan fingerprint density at radius 1 is 0.939 bits per heavy atom. The number of nitrogens with zero attached hydrogens (tertiary/aromatic N) is 4. The Balaban J connectivity index is 2.17. The lowest BCUT2D eigenvalue weighted by atomic mass is 10.1. The summed E-state index contributed by atoms with van der Waals surface area (Å²) in [5, 5.41) is 11.9. The van der Waals surface area contributed by atoms with E-state index in [9.17, 15) is 19.7 Å². The number of hydrogen-bond acceptors (Lipinski definition) is 6. The highest BCUT2D eigenvalue weighted by atomic mass is 16.6. The topological polar surface area (TPSA) is 111 Å². The zero-order chi connectivity index (χ0) is 24.0. The van der Waals surface area contributed by atoms with E-state index in [0.29, 0.717) is 39.5 Å². The molecule has 0 N–H and O–H groups in total. The van der Waals surface area contributed by atoms with Crippen molar-refractivity contribution in [3.05, 3.63) is 79.1 Å². The van der Waals surface area contributed by atoms with E-state index in [1.54, 1.807) is 55.1 Å². The summed E-state index contributed by atoms with van der Waals surface area (Å²) in [7, 11) is 6.01. The molecule has 4 rings (SSSR count). The molecule has 4 aromatic rings. The standard InChI is InChI=1S/C23H22N4O6/c1-13-6-7-14(10-16(13)27(30)31)21-20-17(24(2)23(29)25(3)22(20)28)12-26(21)15-8-9-18(32-4)19(11-15)33-5/h6-12H,1-5H3. The number of fused-ring (bicyclic) bond motifs is 1. The third kappa shape index (κ3) is 3.36. The van der Waals surface area contributed by atoms with Gasteiger partial charge in [-0.15, -0.1) is 0 Å². The molecule has 0 aliphatic heterocycles. The largest absolute Gasteiger partial charge is 0.493 e. The summed E-state index contributed by atoms with van der Waals surface area (Å²) in [6, 6.07) is 10.0. The van der Waals surface area contributed by atoms with Crippen LogP contribution >= 0.6 is 0 Å². The molecule has 2 aromatic carbocycles. The van der Waals surface area contributed by atoms with Gasteiger partial charge in [-0.05, 0) is 19.1 Å². The van der Waals surface area contributed by atoms with Gasteiger partial charge in [0.2, 0.25) is 0 Å². The van der Waals surface area contributed by atoms with Gasteiger partial charge in [0.05, 0.1) is 35.7 Å². The van der Waals surface area contributed by atoms with E-state index in [1.165, 1.54) is 31.9 Å². The fourth-order valence-electron chi connectivity index (χ4n) is 3.96. The number of aromatic nitrogens is 3. The molecule has 0 aliphatic carbocycles. The summed E-state index contributed by atoms with van der Waals surface area (Å²) in [6.07, 6.45) is 1.67. The molecular weight excluding hydrogens is 428 g/mol. The van der Waals surface area contributed by atoms with Crippen LogP contribution in [0, 0.1) is 17.0 Å². The van der Waals surface area contributed by atoms with Gasteiger partial charge in [0, 0.05) is 49.2 Å². The molecule has 33 heavy (non-hydrogen) atoms. The highest BCUT2D eigenvalue weighted by molar-refractivity contribution is 5.95. The van der Waals surface area contributed by atoms with Gasteiger partial charge in [0.15, 0.2) is 11.5 Å². The first-order chi connectivity index (χ1) is 15.7. The lowest BCUT2D eigenvalue weighted by Crippen LogP contribution is -2.36. The third-order valence-corrected chi connectivity index (χ3v) is 5.76. The van der Waals surface area contributed by atoms with Crippen LogP contribution in [0.4, 0.5) is 5.69 Å². The zero-order valence-electron chi connectivity index (χ0n) is 18.8. The molecule has 0 radical (unpaired) electrons. The number of aryl methyl sites for hydroxylation is 2. The molecule has 0 atom stereocenters. The molecule has 0 saturated carbocycles. The molecule has 10 heteroatoms. The Morgan fingerprint density at radius 3 is 2.27 bits per heavy atom. The van der Waals surface area contributed by atoms with Crippen LogP contribution in [0.5, 0.6) is 11.5 Å². The van der Waals surface area contributed by atoms with Gasteiger partial charge in [0.1, 0.15) is 0 Å². The van der Waals surface area contributed by atoms with E-state index in [1.807, 2.05) is 0 Å². The second-order valence-electron chi connectivity index (χ2n) is 7.61. The molecular formula is C23H22N4O6. The number of nitro groups is 1. The minimum absolute atomic E-state index is 0.0673. The molecule has 170 valence electrons. The van der Waals surface area contributed by atoms with Crippen molar-refractivity contribution >= 4 is 16.6 Å². The summed E-state index contributed by atoms with van der Waals surface area (Å²) < 4.78 is 14.9. The molecule has 0 amide bonds. The average molecular weight is 450 g/mol. The number of methoxy groups -OCH3 is 2. The second-order valence-corrected chi connectivity index (χ2v) is 7.61. The monoisotopic (exact) mass is 450 g/mol. The highest BCUT2D eigenvalue weighted by Crippen LogP contribution is 2.36. The number of ether oxygens (including phenoxy) is 2. The lowest BCUT2D eigenvalue weighted by Gasteiger charge is -2.13. The summed E-state index contributed by atoms with van der Waals surface area (Å²) >= 11 is 0. The first-order valence-electron chi connectivity index (χ1n) is 9.98. The molecule has 2 heterocycles. The summed E-state index contributed by atoms with van der Waals surface area (Å²) in [5.74, 6) is 0.990. The van der Waals surface area contributed by atoms with Crippen LogP contribution in [0.1, 0.15) is 5.56 Å². The Hall–Kier alpha value is -4.34. The van der Waals surface area contributed by atoms with Gasteiger partial charge in [-0.25, -0.2) is 4.79 Å². The third-order valence-electron chi connectivity index (χ3n) is 5.76. The normalized spacial score (nSPS) is 11.1. The van der Waals surface area contributed by atoms with Crippen LogP contribution in [0.25, 0.3) is 27.8 Å². The van der Waals surface area contributed by atoms with Crippen molar-refractivity contribution in [3.8, 4) is 28.4 Å². The van der Waals surface area contributed by atoms with Crippen molar-refractivity contribution in [2.45, 2.75) is 6.92 Å². The lowest BCUT2D eigenvalue weighted by molar-refractivity contribution is -0.385. The van der Waals surface area contributed by atoms with Crippen LogP contribution in [0.15, 0.2) is 52.2 Å². The van der Waals surface area contributed by atoms with Crippen LogP contribution in [-0.4, -0.2) is 32.8 Å². The molecule has 0 unspecified atom stereocenters. The predicted molar refractivity (Wildman–Crippen MR) is 124 cm³/mol. The molecule has 2 aromatic heterocycles. The van der Waals surface area contributed by atoms with Gasteiger partial charge < -0.3 is 14.0 Å². The van der Waals surface area contributed by atoms with Crippen molar-refractivity contribution in [2.24, 2.45) is 14.1 Å². The van der Waals surface area contributed by atoms with Gasteiger partial charge in [0.25, 0.3) is 11.2 Å². The maximum absolute atomic E-state index is 13.2. The maximum atomic E-state index is 13.2. The molecule has 0 bridgehead atoms. The van der Waals surface area contributed by atoms with E-state index >= 15 is 0 Å². The Bertz CT molecular complexity index is 1540. The molecule has 0 aliphatic rings. The van der Waals surface area contributed by atoms with Crippen molar-refractivity contribution in [1.82, 2.24) is 13.7 Å².